The molecule has 8 heteroatoms. The van der Waals surface area contributed by atoms with Gasteiger partial charge in [0.05, 0.1) is 23.9 Å². The number of rotatable bonds is 3. The quantitative estimate of drug-likeness (QED) is 0.500. The van der Waals surface area contributed by atoms with E-state index in [4.69, 9.17) is 18.8 Å². The Balaban J connectivity index is 1.87. The number of benzene rings is 1. The van der Waals surface area contributed by atoms with Gasteiger partial charge in [0.25, 0.3) is 0 Å². The average molecular weight is 459 g/mol. The van der Waals surface area contributed by atoms with Crippen LogP contribution in [0.15, 0.2) is 18.2 Å². The summed E-state index contributed by atoms with van der Waals surface area (Å²) in [6.45, 7) is 17.0. The molecule has 1 aromatic rings. The summed E-state index contributed by atoms with van der Waals surface area (Å²) >= 11 is 0. The molecule has 2 aliphatic rings. The van der Waals surface area contributed by atoms with E-state index in [1.165, 1.54) is 7.11 Å². The Bertz CT molecular complexity index is 891. The van der Waals surface area contributed by atoms with Crippen LogP contribution in [-0.2, 0) is 18.8 Å². The number of amides is 1. The molecule has 2 atom stereocenters. The molecule has 0 bridgehead atoms. The van der Waals surface area contributed by atoms with E-state index >= 15 is 0 Å². The minimum atomic E-state index is -0.574. The molecule has 7 nitrogen and oxygen atoms in total. The van der Waals surface area contributed by atoms with Crippen LogP contribution < -0.4 is 5.46 Å². The molecular formula is C25H38BNO6. The Hall–Kier alpha value is -2.06. The zero-order chi connectivity index (χ0) is 24.8. The second-order valence-electron chi connectivity index (χ2n) is 11.3. The summed E-state index contributed by atoms with van der Waals surface area (Å²) < 4.78 is 23.0. The third kappa shape index (κ3) is 5.54. The van der Waals surface area contributed by atoms with Gasteiger partial charge in [-0.05, 0) is 89.9 Å². The van der Waals surface area contributed by atoms with E-state index in [9.17, 15) is 9.59 Å². The van der Waals surface area contributed by atoms with Gasteiger partial charge >= 0.3 is 19.2 Å². The lowest BCUT2D eigenvalue weighted by Gasteiger charge is -2.38. The Morgan fingerprint density at radius 2 is 1.70 bits per heavy atom. The van der Waals surface area contributed by atoms with Gasteiger partial charge in [0.1, 0.15) is 5.60 Å². The fraction of sp³-hybridized carbons (Fsp3) is 0.680. The monoisotopic (exact) mass is 459 g/mol. The first-order valence-electron chi connectivity index (χ1n) is 11.7. The SMILES string of the molecule is COC(=O)c1cc(B2OC(C)(C)C(C)(C)O2)cc(C2CCN(C(=O)OC(C)(C)C)CC2C)c1. The fourth-order valence-corrected chi connectivity index (χ4v) is 4.37. The number of methoxy groups -OCH3 is 1. The molecule has 0 aliphatic carbocycles. The minimum Gasteiger partial charge on any atom is -0.465 e. The van der Waals surface area contributed by atoms with Crippen LogP contribution in [0.1, 0.15) is 83.7 Å². The van der Waals surface area contributed by atoms with Crippen LogP contribution in [0.5, 0.6) is 0 Å². The Kier molecular flexibility index (Phi) is 6.93. The molecule has 0 radical (unpaired) electrons. The van der Waals surface area contributed by atoms with Gasteiger partial charge in [0, 0.05) is 13.1 Å². The van der Waals surface area contributed by atoms with E-state index < -0.39 is 29.9 Å². The van der Waals surface area contributed by atoms with Crippen molar-refractivity contribution in [2.75, 3.05) is 20.2 Å². The Morgan fingerprint density at radius 1 is 1.09 bits per heavy atom. The fourth-order valence-electron chi connectivity index (χ4n) is 4.37. The number of nitrogens with zero attached hydrogens (tertiary/aromatic N) is 1. The number of carbonyl (C=O) groups excluding carboxylic acids is 2. The zero-order valence-electron chi connectivity index (χ0n) is 21.5. The van der Waals surface area contributed by atoms with Crippen molar-refractivity contribution < 1.29 is 28.4 Å². The van der Waals surface area contributed by atoms with Crippen molar-refractivity contribution in [3.05, 3.63) is 29.3 Å². The van der Waals surface area contributed by atoms with E-state index in [0.29, 0.717) is 18.7 Å². The smallest absolute Gasteiger partial charge is 0.465 e. The first-order valence-corrected chi connectivity index (χ1v) is 11.7. The number of piperidine rings is 1. The second-order valence-corrected chi connectivity index (χ2v) is 11.3. The van der Waals surface area contributed by atoms with Crippen molar-refractivity contribution in [2.45, 2.75) is 84.5 Å². The van der Waals surface area contributed by atoms with Gasteiger partial charge in [-0.1, -0.05) is 13.0 Å². The van der Waals surface area contributed by atoms with Crippen molar-refractivity contribution in [3.63, 3.8) is 0 Å². The number of ether oxygens (including phenoxy) is 2. The maximum absolute atomic E-state index is 12.5. The van der Waals surface area contributed by atoms with E-state index in [1.807, 2.05) is 54.5 Å². The van der Waals surface area contributed by atoms with Crippen LogP contribution in [0.2, 0.25) is 0 Å². The van der Waals surface area contributed by atoms with Crippen LogP contribution in [-0.4, -0.2) is 61.1 Å². The van der Waals surface area contributed by atoms with E-state index in [1.54, 1.807) is 11.0 Å². The van der Waals surface area contributed by atoms with Crippen LogP contribution in [0, 0.1) is 5.92 Å². The third-order valence-electron chi connectivity index (χ3n) is 6.91. The average Bonchev–Trinajstić information content (AvgIpc) is 2.92. The van der Waals surface area contributed by atoms with Crippen molar-refractivity contribution in [3.8, 4) is 0 Å². The molecule has 2 heterocycles. The van der Waals surface area contributed by atoms with Crippen LogP contribution >= 0.6 is 0 Å². The van der Waals surface area contributed by atoms with Gasteiger partial charge in [-0.25, -0.2) is 9.59 Å². The molecule has 1 amide bonds. The molecule has 0 spiro atoms. The van der Waals surface area contributed by atoms with E-state index in [0.717, 1.165) is 17.4 Å². The van der Waals surface area contributed by atoms with Crippen LogP contribution in [0.25, 0.3) is 0 Å². The maximum atomic E-state index is 12.5. The van der Waals surface area contributed by atoms with Crippen molar-refractivity contribution >= 4 is 24.6 Å². The van der Waals surface area contributed by atoms with Crippen molar-refractivity contribution in [1.82, 2.24) is 4.90 Å². The topological polar surface area (TPSA) is 74.3 Å². The summed E-state index contributed by atoms with van der Waals surface area (Å²) in [5, 5.41) is 0. The first-order chi connectivity index (χ1) is 15.1. The first kappa shape index (κ1) is 25.6. The number of esters is 1. The summed E-state index contributed by atoms with van der Waals surface area (Å²) in [6, 6.07) is 5.75. The summed E-state index contributed by atoms with van der Waals surface area (Å²) in [5.41, 5.74) is 0.814. The lowest BCUT2D eigenvalue weighted by molar-refractivity contribution is 0.00578. The van der Waals surface area contributed by atoms with Crippen molar-refractivity contribution in [1.29, 1.82) is 0 Å². The van der Waals surface area contributed by atoms with Gasteiger partial charge in [-0.3, -0.25) is 0 Å². The van der Waals surface area contributed by atoms with Crippen molar-refractivity contribution in [2.24, 2.45) is 5.92 Å². The van der Waals surface area contributed by atoms with E-state index in [-0.39, 0.29) is 17.9 Å². The van der Waals surface area contributed by atoms with Gasteiger partial charge in [0.15, 0.2) is 0 Å². The lowest BCUT2D eigenvalue weighted by atomic mass is 9.74. The molecule has 2 fully saturated rings. The summed E-state index contributed by atoms with van der Waals surface area (Å²) in [6.07, 6.45) is 0.488. The summed E-state index contributed by atoms with van der Waals surface area (Å²) in [5.74, 6) is -0.0340. The molecule has 2 saturated heterocycles. The number of likely N-dealkylation sites (tertiary alicyclic amines) is 1. The van der Waals surface area contributed by atoms with Crippen LogP contribution in [0.3, 0.4) is 0 Å². The highest BCUT2D eigenvalue weighted by Gasteiger charge is 2.52. The standard InChI is InChI=1S/C25H38BNO6/c1-16-15-27(22(29)31-23(2,3)4)11-10-20(16)17-12-18(21(28)30-9)14-19(13-17)26-32-24(5,6)25(7,8)33-26/h12-14,16,20H,10-11,15H2,1-9H3. The molecule has 0 N–H and O–H groups in total. The Labute approximate surface area is 198 Å². The highest BCUT2D eigenvalue weighted by atomic mass is 16.7. The summed E-state index contributed by atoms with van der Waals surface area (Å²) in [7, 11) is 0.807. The van der Waals surface area contributed by atoms with Gasteiger partial charge < -0.3 is 23.7 Å². The van der Waals surface area contributed by atoms with Crippen LogP contribution in [0.4, 0.5) is 4.79 Å². The molecule has 33 heavy (non-hydrogen) atoms. The molecule has 0 aromatic heterocycles. The highest BCUT2D eigenvalue weighted by Crippen LogP contribution is 2.38. The predicted octanol–water partition coefficient (Wildman–Crippen LogP) is 4.13. The zero-order valence-corrected chi connectivity index (χ0v) is 21.5. The number of hydrogen-bond donors (Lipinski definition) is 0. The van der Waals surface area contributed by atoms with E-state index in [2.05, 4.69) is 13.0 Å². The molecule has 2 unspecified atom stereocenters. The molecule has 3 rings (SSSR count). The predicted molar refractivity (Wildman–Crippen MR) is 128 cm³/mol. The largest absolute Gasteiger partial charge is 0.494 e. The Morgan fingerprint density at radius 3 is 2.21 bits per heavy atom. The third-order valence-corrected chi connectivity index (χ3v) is 6.91. The highest BCUT2D eigenvalue weighted by molar-refractivity contribution is 6.62. The normalized spacial score (nSPS) is 24.5. The molecular weight excluding hydrogens is 421 g/mol. The van der Waals surface area contributed by atoms with Gasteiger partial charge in [-0.2, -0.15) is 0 Å². The molecule has 1 aromatic carbocycles. The maximum Gasteiger partial charge on any atom is 0.494 e. The second kappa shape index (κ2) is 8.95. The summed E-state index contributed by atoms with van der Waals surface area (Å²) in [4.78, 5) is 26.8. The number of hydrogen-bond acceptors (Lipinski definition) is 6. The molecule has 2 aliphatic heterocycles. The lowest BCUT2D eigenvalue weighted by Crippen LogP contribution is -2.44. The van der Waals surface area contributed by atoms with Gasteiger partial charge in [0.2, 0.25) is 0 Å². The molecule has 0 saturated carbocycles. The molecule has 182 valence electrons. The minimum absolute atomic E-state index is 0.175. The van der Waals surface area contributed by atoms with Gasteiger partial charge in [-0.15, -0.1) is 0 Å². The number of carbonyl (C=O) groups is 2.